The molecule has 104 valence electrons. The fourth-order valence-corrected chi connectivity index (χ4v) is 2.11. The van der Waals surface area contributed by atoms with Crippen molar-refractivity contribution in [1.82, 2.24) is 0 Å². The summed E-state index contributed by atoms with van der Waals surface area (Å²) in [4.78, 5) is 10.2. The van der Waals surface area contributed by atoms with Crippen molar-refractivity contribution in [1.29, 1.82) is 0 Å². The largest absolute Gasteiger partial charge is 0.380 e. The molecule has 2 aromatic rings. The van der Waals surface area contributed by atoms with E-state index in [1.165, 1.54) is 24.3 Å². The highest BCUT2D eigenvalue weighted by atomic mass is 79.9. The molecule has 0 aliphatic rings. The average molecular weight is 360 g/mol. The third-order valence-electron chi connectivity index (χ3n) is 2.63. The van der Waals surface area contributed by atoms with Gasteiger partial charge in [0.05, 0.1) is 15.6 Å². The molecular formula is C13H9BrClFN2O2. The van der Waals surface area contributed by atoms with Crippen LogP contribution in [0.1, 0.15) is 5.56 Å². The molecule has 0 saturated heterocycles. The summed E-state index contributed by atoms with van der Waals surface area (Å²) in [7, 11) is 0. The number of halogens is 3. The molecule has 0 unspecified atom stereocenters. The van der Waals surface area contributed by atoms with Gasteiger partial charge in [-0.25, -0.2) is 4.39 Å². The molecule has 0 bridgehead atoms. The van der Waals surface area contributed by atoms with Gasteiger partial charge >= 0.3 is 0 Å². The van der Waals surface area contributed by atoms with E-state index < -0.39 is 10.7 Å². The first-order chi connectivity index (χ1) is 9.47. The van der Waals surface area contributed by atoms with Crippen LogP contribution in [0.3, 0.4) is 0 Å². The summed E-state index contributed by atoms with van der Waals surface area (Å²) >= 11 is 8.90. The Morgan fingerprint density at radius 1 is 1.30 bits per heavy atom. The molecule has 2 aromatic carbocycles. The lowest BCUT2D eigenvalue weighted by atomic mass is 10.2. The van der Waals surface area contributed by atoms with Gasteiger partial charge in [0, 0.05) is 23.2 Å². The minimum Gasteiger partial charge on any atom is -0.380 e. The Bertz CT molecular complexity index is 667. The second-order valence-electron chi connectivity index (χ2n) is 4.02. The van der Waals surface area contributed by atoms with E-state index in [4.69, 9.17) is 11.6 Å². The predicted octanol–water partition coefficient (Wildman–Crippen LogP) is 4.76. The quantitative estimate of drug-likeness (QED) is 0.632. The summed E-state index contributed by atoms with van der Waals surface area (Å²) < 4.78 is 14.0. The Balaban J connectivity index is 2.15. The van der Waals surface area contributed by atoms with Gasteiger partial charge < -0.3 is 5.32 Å². The molecule has 1 N–H and O–H groups in total. The number of rotatable bonds is 4. The van der Waals surface area contributed by atoms with E-state index in [9.17, 15) is 14.5 Å². The number of nitro benzene ring substituents is 1. The van der Waals surface area contributed by atoms with E-state index in [1.54, 1.807) is 12.1 Å². The first-order valence-electron chi connectivity index (χ1n) is 5.59. The number of nitro groups is 1. The molecule has 0 spiro atoms. The molecule has 0 aliphatic heterocycles. The SMILES string of the molecule is O=[N+]([O-])c1ccc(Br)c(NCc2ccc(Cl)c(F)c2)c1. The third-order valence-corrected chi connectivity index (χ3v) is 3.63. The molecule has 2 rings (SSSR count). The van der Waals surface area contributed by atoms with E-state index in [0.29, 0.717) is 22.3 Å². The van der Waals surface area contributed by atoms with Crippen LogP contribution in [0.2, 0.25) is 5.02 Å². The van der Waals surface area contributed by atoms with Crippen molar-refractivity contribution < 1.29 is 9.31 Å². The first kappa shape index (κ1) is 14.7. The maximum absolute atomic E-state index is 13.3. The predicted molar refractivity (Wildman–Crippen MR) is 79.5 cm³/mol. The van der Waals surface area contributed by atoms with E-state index in [0.717, 1.165) is 0 Å². The van der Waals surface area contributed by atoms with E-state index in [-0.39, 0.29) is 10.7 Å². The maximum atomic E-state index is 13.3. The fraction of sp³-hybridized carbons (Fsp3) is 0.0769. The summed E-state index contributed by atoms with van der Waals surface area (Å²) in [5, 5.41) is 13.8. The van der Waals surface area contributed by atoms with Crippen LogP contribution in [0, 0.1) is 15.9 Å². The number of nitrogens with one attached hydrogen (secondary N) is 1. The summed E-state index contributed by atoms with van der Waals surface area (Å²) in [6.07, 6.45) is 0. The Kier molecular flexibility index (Phi) is 4.57. The van der Waals surface area contributed by atoms with Gasteiger partial charge in [0.2, 0.25) is 0 Å². The van der Waals surface area contributed by atoms with E-state index >= 15 is 0 Å². The van der Waals surface area contributed by atoms with Gasteiger partial charge in [-0.2, -0.15) is 0 Å². The van der Waals surface area contributed by atoms with Crippen molar-refractivity contribution in [2.24, 2.45) is 0 Å². The molecule has 0 atom stereocenters. The highest BCUT2D eigenvalue weighted by Crippen LogP contribution is 2.27. The number of benzene rings is 2. The maximum Gasteiger partial charge on any atom is 0.271 e. The average Bonchev–Trinajstić information content (AvgIpc) is 2.41. The van der Waals surface area contributed by atoms with Gasteiger partial charge in [-0.15, -0.1) is 0 Å². The Morgan fingerprint density at radius 2 is 2.05 bits per heavy atom. The highest BCUT2D eigenvalue weighted by molar-refractivity contribution is 9.10. The van der Waals surface area contributed by atoms with E-state index in [1.807, 2.05) is 0 Å². The monoisotopic (exact) mass is 358 g/mol. The molecule has 4 nitrogen and oxygen atoms in total. The molecule has 0 heterocycles. The van der Waals surface area contributed by atoms with Crippen LogP contribution < -0.4 is 5.32 Å². The lowest BCUT2D eigenvalue weighted by Gasteiger charge is -2.09. The molecule has 0 fully saturated rings. The Hall–Kier alpha value is -1.66. The minimum absolute atomic E-state index is 0.0158. The first-order valence-corrected chi connectivity index (χ1v) is 6.76. The van der Waals surface area contributed by atoms with Crippen LogP contribution in [0.15, 0.2) is 40.9 Å². The van der Waals surface area contributed by atoms with Gasteiger partial charge in [-0.05, 0) is 39.7 Å². The lowest BCUT2D eigenvalue weighted by molar-refractivity contribution is -0.384. The molecule has 7 heteroatoms. The minimum atomic E-state index is -0.496. The van der Waals surface area contributed by atoms with Crippen molar-refractivity contribution in [2.45, 2.75) is 6.54 Å². The zero-order valence-corrected chi connectivity index (χ0v) is 12.4. The van der Waals surface area contributed by atoms with Crippen molar-refractivity contribution in [3.63, 3.8) is 0 Å². The molecule has 0 radical (unpaired) electrons. The Labute approximate surface area is 127 Å². The van der Waals surface area contributed by atoms with Crippen molar-refractivity contribution in [2.75, 3.05) is 5.32 Å². The molecule has 0 aliphatic carbocycles. The Morgan fingerprint density at radius 3 is 2.70 bits per heavy atom. The van der Waals surface area contributed by atoms with Crippen LogP contribution in [-0.2, 0) is 6.54 Å². The van der Waals surface area contributed by atoms with Gasteiger partial charge in [0.15, 0.2) is 0 Å². The van der Waals surface area contributed by atoms with Crippen LogP contribution in [0.4, 0.5) is 15.8 Å². The zero-order valence-electron chi connectivity index (χ0n) is 10.1. The molecule has 20 heavy (non-hydrogen) atoms. The third kappa shape index (κ3) is 3.46. The van der Waals surface area contributed by atoms with Crippen LogP contribution in [-0.4, -0.2) is 4.92 Å². The number of nitrogens with zero attached hydrogens (tertiary/aromatic N) is 1. The van der Waals surface area contributed by atoms with Gasteiger partial charge in [0.1, 0.15) is 5.82 Å². The number of anilines is 1. The van der Waals surface area contributed by atoms with Crippen molar-refractivity contribution >= 4 is 38.9 Å². The smallest absolute Gasteiger partial charge is 0.271 e. The summed E-state index contributed by atoms with van der Waals surface area (Å²) in [5.41, 5.74) is 1.23. The van der Waals surface area contributed by atoms with Gasteiger partial charge in [0.25, 0.3) is 5.69 Å². The number of non-ortho nitro benzene ring substituents is 1. The highest BCUT2D eigenvalue weighted by Gasteiger charge is 2.09. The van der Waals surface area contributed by atoms with Gasteiger partial charge in [-0.1, -0.05) is 17.7 Å². The second kappa shape index (κ2) is 6.19. The van der Waals surface area contributed by atoms with E-state index in [2.05, 4.69) is 21.2 Å². The summed E-state index contributed by atoms with van der Waals surface area (Å²) in [6.45, 7) is 0.327. The molecule has 0 amide bonds. The lowest BCUT2D eigenvalue weighted by Crippen LogP contribution is -2.01. The van der Waals surface area contributed by atoms with Crippen molar-refractivity contribution in [3.05, 3.63) is 67.4 Å². The molecular weight excluding hydrogens is 351 g/mol. The molecule has 0 saturated carbocycles. The normalized spacial score (nSPS) is 10.3. The fourth-order valence-electron chi connectivity index (χ4n) is 1.61. The second-order valence-corrected chi connectivity index (χ2v) is 5.28. The number of hydrogen-bond donors (Lipinski definition) is 1. The summed E-state index contributed by atoms with van der Waals surface area (Å²) in [6, 6.07) is 8.87. The topological polar surface area (TPSA) is 55.2 Å². The van der Waals surface area contributed by atoms with Crippen LogP contribution >= 0.6 is 27.5 Å². The zero-order chi connectivity index (χ0) is 14.7. The summed E-state index contributed by atoms with van der Waals surface area (Å²) in [5.74, 6) is -0.496. The van der Waals surface area contributed by atoms with Crippen LogP contribution in [0.5, 0.6) is 0 Å². The number of hydrogen-bond acceptors (Lipinski definition) is 3. The van der Waals surface area contributed by atoms with Crippen LogP contribution in [0.25, 0.3) is 0 Å². The van der Waals surface area contributed by atoms with Crippen molar-refractivity contribution in [3.8, 4) is 0 Å². The van der Waals surface area contributed by atoms with Gasteiger partial charge in [-0.3, -0.25) is 10.1 Å². The standard InChI is InChI=1S/C13H9BrClFN2O2/c14-10-3-2-9(18(19)20)6-13(10)17-7-8-1-4-11(15)12(16)5-8/h1-6,17H,7H2. The molecule has 0 aromatic heterocycles.